The summed E-state index contributed by atoms with van der Waals surface area (Å²) in [6, 6.07) is 0. The van der Waals surface area contributed by atoms with Gasteiger partial charge >= 0.3 is 52.0 Å². The molecule has 0 aliphatic rings. The largest absolute Gasteiger partial charge is 1.00 e. The molecule has 0 heterocycles. The minimum absolute atomic E-state index is 0. The number of hydrogen-bond donors (Lipinski definition) is 1. The average molecular weight is 146 g/mol. The Morgan fingerprint density at radius 2 is 1.67 bits per heavy atom. The van der Waals surface area contributed by atoms with Crippen LogP contribution in [0.15, 0.2) is 0 Å². The second kappa shape index (κ2) is 2.99. The number of rotatable bonds is 0. The first-order chi connectivity index (χ1) is 2.00. The van der Waals surface area contributed by atoms with Gasteiger partial charge in [0.2, 0.25) is 0 Å². The Hall–Kier alpha value is 0.916. The van der Waals surface area contributed by atoms with Gasteiger partial charge in [-0.2, -0.15) is 0 Å². The zero-order chi connectivity index (χ0) is 4.50. The van der Waals surface area contributed by atoms with Crippen LogP contribution >= 0.6 is 0 Å². The summed E-state index contributed by atoms with van der Waals surface area (Å²) < 4.78 is 18.0. The molecule has 6 heavy (non-hydrogen) atoms. The van der Waals surface area contributed by atoms with E-state index in [1.807, 2.05) is 0 Å². The summed E-state index contributed by atoms with van der Waals surface area (Å²) in [5, 5.41) is 0. The molecule has 0 radical (unpaired) electrons. The first-order valence-electron chi connectivity index (χ1n) is 1.28. The van der Waals surface area contributed by atoms with Gasteiger partial charge in [-0.25, -0.2) is 0 Å². The van der Waals surface area contributed by atoms with Crippen LogP contribution in [0, 0.1) is 0 Å². The Kier molecular flexibility index (Phi) is 4.99. The van der Waals surface area contributed by atoms with Gasteiger partial charge in [-0.1, -0.05) is 0 Å². The van der Waals surface area contributed by atoms with Crippen molar-refractivity contribution in [3.63, 3.8) is 0 Å². The van der Waals surface area contributed by atoms with E-state index in [1.165, 1.54) is 11.4 Å². The van der Waals surface area contributed by atoms with Gasteiger partial charge in [0, 0.05) is 0 Å². The van der Waals surface area contributed by atoms with Gasteiger partial charge in [0.1, 0.15) is 0 Å². The molecule has 0 unspecified atom stereocenters. The Morgan fingerprint density at radius 3 is 1.67 bits per heavy atom. The van der Waals surface area contributed by atoms with Crippen LogP contribution in [-0.2, 0) is 3.74 Å². The van der Waals surface area contributed by atoms with Crippen LogP contribution in [0.25, 0.3) is 0 Å². The second-order valence-corrected chi connectivity index (χ2v) is 6.72. The Balaban J connectivity index is -0.0000000800. The molecule has 0 saturated carbocycles. The quantitative estimate of drug-likeness (QED) is 0.375. The standard InChI is InChI=1S/C2H7AsO2.Li.H/c1-3(2,4)5;;/h1-2H3,(H,4,5);;/q;+1;-1. The van der Waals surface area contributed by atoms with Crippen molar-refractivity contribution in [2.45, 2.75) is 11.4 Å². The van der Waals surface area contributed by atoms with Crippen molar-refractivity contribution in [2.24, 2.45) is 0 Å². The smallest absolute Gasteiger partial charge is 1.00 e. The van der Waals surface area contributed by atoms with Gasteiger partial charge in [-0.3, -0.25) is 0 Å². The van der Waals surface area contributed by atoms with E-state index in [4.69, 9.17) is 4.10 Å². The van der Waals surface area contributed by atoms with E-state index in [0.717, 1.165) is 0 Å². The first kappa shape index (κ1) is 10.0. The van der Waals surface area contributed by atoms with Crippen LogP contribution in [0.5, 0.6) is 0 Å². The summed E-state index contributed by atoms with van der Waals surface area (Å²) in [4.78, 5) is 0. The van der Waals surface area contributed by atoms with Gasteiger partial charge < -0.3 is 1.43 Å². The van der Waals surface area contributed by atoms with Crippen molar-refractivity contribution in [1.29, 1.82) is 0 Å². The molecule has 0 aromatic rings. The molecule has 0 aliphatic carbocycles. The zero-order valence-corrected chi connectivity index (χ0v) is 6.18. The molecule has 4 heteroatoms. The average Bonchev–Trinajstić information content (AvgIpc) is 0.722. The molecule has 1 N–H and O–H groups in total. The molecule has 0 rings (SSSR count). The summed E-state index contributed by atoms with van der Waals surface area (Å²) in [7, 11) is 0. The van der Waals surface area contributed by atoms with E-state index in [9.17, 15) is 3.74 Å². The monoisotopic (exact) mass is 146 g/mol. The Bertz CT molecular complexity index is 61.8. The van der Waals surface area contributed by atoms with Crippen LogP contribution in [0.2, 0.25) is 11.4 Å². The molecule has 0 aliphatic heterocycles. The minimum Gasteiger partial charge on any atom is -1.00 e. The Labute approximate surface area is 53.6 Å². The predicted octanol–water partition coefficient (Wildman–Crippen LogP) is -2.77. The maximum absolute atomic E-state index is 9.83. The molecule has 0 spiro atoms. The van der Waals surface area contributed by atoms with E-state index >= 15 is 0 Å². The molecule has 2 nitrogen and oxygen atoms in total. The van der Waals surface area contributed by atoms with Crippen molar-refractivity contribution in [2.75, 3.05) is 0 Å². The second-order valence-electron chi connectivity index (χ2n) is 1.29. The van der Waals surface area contributed by atoms with Gasteiger partial charge in [0.05, 0.1) is 0 Å². The number of hydrogen-bond acceptors (Lipinski definition) is 1. The molecule has 0 amide bonds. The third-order valence-electron chi connectivity index (χ3n) is 0. The van der Waals surface area contributed by atoms with E-state index in [2.05, 4.69) is 0 Å². The fourth-order valence-electron chi connectivity index (χ4n) is 0. The third-order valence-corrected chi connectivity index (χ3v) is 0. The van der Waals surface area contributed by atoms with Gasteiger partial charge in [0.15, 0.2) is 0 Å². The third kappa shape index (κ3) is 89.9. The van der Waals surface area contributed by atoms with E-state index < -0.39 is 13.8 Å². The summed E-state index contributed by atoms with van der Waals surface area (Å²) >= 11 is -3.12. The summed E-state index contributed by atoms with van der Waals surface area (Å²) in [6.07, 6.45) is 0. The maximum atomic E-state index is 9.83. The predicted molar refractivity (Wildman–Crippen MR) is 21.5 cm³/mol. The molecule has 0 saturated heterocycles. The molecule has 34 valence electrons. The van der Waals surface area contributed by atoms with E-state index in [0.29, 0.717) is 0 Å². The minimum atomic E-state index is -3.12. The molecular weight excluding hydrogens is 138 g/mol. The van der Waals surface area contributed by atoms with E-state index in [1.54, 1.807) is 0 Å². The van der Waals surface area contributed by atoms with Crippen molar-refractivity contribution >= 4 is 13.8 Å². The van der Waals surface area contributed by atoms with Gasteiger partial charge in [-0.15, -0.1) is 0 Å². The van der Waals surface area contributed by atoms with Crippen molar-refractivity contribution < 1.29 is 28.1 Å². The van der Waals surface area contributed by atoms with Gasteiger partial charge in [-0.05, 0) is 0 Å². The fraction of sp³-hybridized carbons (Fsp3) is 1.00. The van der Waals surface area contributed by atoms with E-state index in [-0.39, 0.29) is 20.3 Å². The SMILES string of the molecule is C[As](C)(=O)O.[H-].[Li+]. The topological polar surface area (TPSA) is 37.3 Å². The molecule has 0 bridgehead atoms. The van der Waals surface area contributed by atoms with Gasteiger partial charge in [0.25, 0.3) is 0 Å². The summed E-state index contributed by atoms with van der Waals surface area (Å²) in [5.41, 5.74) is 2.72. The Morgan fingerprint density at radius 1 is 1.67 bits per heavy atom. The first-order valence-corrected chi connectivity index (χ1v) is 6.64. The van der Waals surface area contributed by atoms with Crippen LogP contribution in [0.3, 0.4) is 0 Å². The fourth-order valence-corrected chi connectivity index (χ4v) is 0. The zero-order valence-electron chi connectivity index (χ0n) is 5.30. The summed E-state index contributed by atoms with van der Waals surface area (Å²) in [6.45, 7) is 0. The molecule has 0 aromatic heterocycles. The van der Waals surface area contributed by atoms with Crippen molar-refractivity contribution in [3.8, 4) is 0 Å². The molecule has 0 atom stereocenters. The van der Waals surface area contributed by atoms with Crippen molar-refractivity contribution in [1.82, 2.24) is 0 Å². The molecule has 0 fully saturated rings. The van der Waals surface area contributed by atoms with Crippen LogP contribution in [0.1, 0.15) is 1.43 Å². The molecule has 0 aromatic carbocycles. The van der Waals surface area contributed by atoms with Crippen molar-refractivity contribution in [3.05, 3.63) is 0 Å². The maximum Gasteiger partial charge on any atom is 1.00 e. The van der Waals surface area contributed by atoms with Crippen LogP contribution in [0.4, 0.5) is 0 Å². The summed E-state index contributed by atoms with van der Waals surface area (Å²) in [5.74, 6) is 0. The normalized spacial score (nSPS) is 9.83. The van der Waals surface area contributed by atoms with Crippen LogP contribution < -0.4 is 18.9 Å². The van der Waals surface area contributed by atoms with Crippen LogP contribution in [-0.4, -0.2) is 17.9 Å². The molecular formula is C2H8AsLiO2.